The van der Waals surface area contributed by atoms with E-state index >= 15 is 0 Å². The van der Waals surface area contributed by atoms with E-state index in [1.165, 1.54) is 53.2 Å². The molecule has 1 heterocycles. The molecule has 0 amide bonds. The molecule has 0 aliphatic carbocycles. The Morgan fingerprint density at radius 2 is 1.04 bits per heavy atom. The highest BCUT2D eigenvalue weighted by atomic mass is 32.1. The molecule has 0 aliphatic rings. The van der Waals surface area contributed by atoms with Crippen molar-refractivity contribution < 1.29 is 0 Å². The monoisotopic (exact) mass is 338 g/mol. The van der Waals surface area contributed by atoms with E-state index in [0.717, 1.165) is 0 Å². The number of fused-ring (bicyclic) bond motifs is 4. The quantitative estimate of drug-likeness (QED) is 0.278. The maximum absolute atomic E-state index is 2.27. The fraction of sp³-hybridized carbons (Fsp3) is 0.0833. The lowest BCUT2D eigenvalue weighted by molar-refractivity contribution is 1.52. The molecule has 0 saturated heterocycles. The molecular formula is C24H18S. The van der Waals surface area contributed by atoms with Gasteiger partial charge in [0.2, 0.25) is 0 Å². The zero-order valence-corrected chi connectivity index (χ0v) is 15.2. The van der Waals surface area contributed by atoms with Crippen molar-refractivity contribution in [3.63, 3.8) is 0 Å². The van der Waals surface area contributed by atoms with Gasteiger partial charge in [0.1, 0.15) is 0 Å². The number of hydrogen-bond donors (Lipinski definition) is 0. The fourth-order valence-electron chi connectivity index (χ4n) is 4.02. The maximum Gasteiger partial charge on any atom is 0.0393 e. The van der Waals surface area contributed by atoms with Crippen molar-refractivity contribution in [1.29, 1.82) is 0 Å². The van der Waals surface area contributed by atoms with E-state index in [2.05, 4.69) is 86.6 Å². The standard InChI is InChI=1S/C24H18S/c1-15-17-9-3-4-11-19(17)20-12-5-6-13-21(20)23(15)24-16(2)18-10-7-8-14-22(18)25-24/h3-14H,1-2H3. The van der Waals surface area contributed by atoms with Gasteiger partial charge in [0, 0.05) is 15.1 Å². The number of hydrogen-bond acceptors (Lipinski definition) is 1. The minimum Gasteiger partial charge on any atom is -0.135 e. The first-order valence-corrected chi connectivity index (χ1v) is 9.46. The molecule has 5 aromatic rings. The van der Waals surface area contributed by atoms with Crippen LogP contribution in [0.5, 0.6) is 0 Å². The lowest BCUT2D eigenvalue weighted by Crippen LogP contribution is -1.89. The van der Waals surface area contributed by atoms with Crippen molar-refractivity contribution in [2.24, 2.45) is 0 Å². The number of thiophene rings is 1. The Morgan fingerprint density at radius 3 is 1.72 bits per heavy atom. The molecule has 0 aliphatic heterocycles. The Labute approximate surface area is 151 Å². The van der Waals surface area contributed by atoms with Crippen LogP contribution >= 0.6 is 11.3 Å². The second kappa shape index (κ2) is 5.44. The maximum atomic E-state index is 2.27. The van der Waals surface area contributed by atoms with Gasteiger partial charge in [0.15, 0.2) is 0 Å². The smallest absolute Gasteiger partial charge is 0.0393 e. The second-order valence-corrected chi connectivity index (χ2v) is 7.70. The molecule has 0 N–H and O–H groups in total. The van der Waals surface area contributed by atoms with Gasteiger partial charge in [0.25, 0.3) is 0 Å². The summed E-state index contributed by atoms with van der Waals surface area (Å²) < 4.78 is 1.37. The topological polar surface area (TPSA) is 0 Å². The first kappa shape index (κ1) is 14.7. The Balaban J connectivity index is 2.01. The molecule has 5 rings (SSSR count). The van der Waals surface area contributed by atoms with Crippen molar-refractivity contribution in [3.05, 3.63) is 83.9 Å². The van der Waals surface area contributed by atoms with E-state index in [0.29, 0.717) is 0 Å². The van der Waals surface area contributed by atoms with E-state index in [9.17, 15) is 0 Å². The zero-order chi connectivity index (χ0) is 17.0. The van der Waals surface area contributed by atoms with Crippen LogP contribution < -0.4 is 0 Å². The molecule has 120 valence electrons. The van der Waals surface area contributed by atoms with E-state index < -0.39 is 0 Å². The SMILES string of the molecule is Cc1c(-c2c(C)c3ccccc3c3ccccc23)sc2ccccc12. The van der Waals surface area contributed by atoms with Gasteiger partial charge in [-0.2, -0.15) is 0 Å². The Morgan fingerprint density at radius 1 is 0.520 bits per heavy atom. The van der Waals surface area contributed by atoms with Crippen LogP contribution in [0.1, 0.15) is 11.1 Å². The summed E-state index contributed by atoms with van der Waals surface area (Å²) in [7, 11) is 0. The third-order valence-corrected chi connectivity index (χ3v) is 6.55. The van der Waals surface area contributed by atoms with Crippen molar-refractivity contribution in [2.75, 3.05) is 0 Å². The van der Waals surface area contributed by atoms with E-state index in [4.69, 9.17) is 0 Å². The van der Waals surface area contributed by atoms with E-state index in [1.54, 1.807) is 0 Å². The Hall–Kier alpha value is -2.64. The molecule has 4 aromatic carbocycles. The third kappa shape index (κ3) is 2.06. The van der Waals surface area contributed by atoms with Crippen molar-refractivity contribution in [1.82, 2.24) is 0 Å². The van der Waals surface area contributed by atoms with Gasteiger partial charge < -0.3 is 0 Å². The molecule has 0 spiro atoms. The van der Waals surface area contributed by atoms with Crippen LogP contribution in [0.3, 0.4) is 0 Å². The summed E-state index contributed by atoms with van der Waals surface area (Å²) in [4.78, 5) is 1.40. The summed E-state index contributed by atoms with van der Waals surface area (Å²) in [6.07, 6.45) is 0. The molecular weight excluding hydrogens is 320 g/mol. The fourth-order valence-corrected chi connectivity index (χ4v) is 5.35. The third-order valence-electron chi connectivity index (χ3n) is 5.26. The largest absolute Gasteiger partial charge is 0.135 e. The van der Waals surface area contributed by atoms with Crippen LogP contribution in [-0.2, 0) is 0 Å². The van der Waals surface area contributed by atoms with Crippen LogP contribution in [-0.4, -0.2) is 0 Å². The highest BCUT2D eigenvalue weighted by Crippen LogP contribution is 2.45. The first-order valence-electron chi connectivity index (χ1n) is 8.64. The highest BCUT2D eigenvalue weighted by Gasteiger charge is 2.17. The summed E-state index contributed by atoms with van der Waals surface area (Å²) >= 11 is 1.91. The molecule has 1 aromatic heterocycles. The second-order valence-electron chi connectivity index (χ2n) is 6.64. The summed E-state index contributed by atoms with van der Waals surface area (Å²) in [5.41, 5.74) is 4.17. The van der Waals surface area contributed by atoms with Crippen LogP contribution in [0, 0.1) is 13.8 Å². The summed E-state index contributed by atoms with van der Waals surface area (Å²) in [6.45, 7) is 4.53. The predicted octanol–water partition coefficient (Wildman–Crippen LogP) is 7.49. The highest BCUT2D eigenvalue weighted by molar-refractivity contribution is 7.22. The molecule has 25 heavy (non-hydrogen) atoms. The number of aryl methyl sites for hydroxylation is 2. The van der Waals surface area contributed by atoms with Gasteiger partial charge in [-0.3, -0.25) is 0 Å². The normalized spacial score (nSPS) is 11.6. The molecule has 0 unspecified atom stereocenters. The van der Waals surface area contributed by atoms with Crippen LogP contribution in [0.25, 0.3) is 42.1 Å². The average Bonchev–Trinajstić information content (AvgIpc) is 2.99. The Bertz CT molecular complexity index is 1260. The molecule has 0 radical (unpaired) electrons. The van der Waals surface area contributed by atoms with Gasteiger partial charge in [-0.05, 0) is 58.0 Å². The Kier molecular flexibility index (Phi) is 3.19. The van der Waals surface area contributed by atoms with Gasteiger partial charge in [-0.15, -0.1) is 11.3 Å². The lowest BCUT2D eigenvalue weighted by atomic mass is 9.90. The van der Waals surface area contributed by atoms with E-state index in [1.807, 2.05) is 11.3 Å². The van der Waals surface area contributed by atoms with Crippen LogP contribution in [0.15, 0.2) is 72.8 Å². The summed E-state index contributed by atoms with van der Waals surface area (Å²) in [5, 5.41) is 6.77. The molecule has 0 nitrogen and oxygen atoms in total. The van der Waals surface area contributed by atoms with Gasteiger partial charge in [-0.1, -0.05) is 66.7 Å². The molecule has 1 heteroatoms. The first-order chi connectivity index (χ1) is 12.3. The lowest BCUT2D eigenvalue weighted by Gasteiger charge is -2.14. The molecule has 0 saturated carbocycles. The molecule has 0 atom stereocenters. The number of rotatable bonds is 1. The van der Waals surface area contributed by atoms with Gasteiger partial charge >= 0.3 is 0 Å². The minimum atomic E-state index is 1.34. The van der Waals surface area contributed by atoms with Gasteiger partial charge in [0.05, 0.1) is 0 Å². The van der Waals surface area contributed by atoms with Crippen LogP contribution in [0.2, 0.25) is 0 Å². The zero-order valence-electron chi connectivity index (χ0n) is 14.3. The van der Waals surface area contributed by atoms with Crippen molar-refractivity contribution in [2.45, 2.75) is 13.8 Å². The average molecular weight is 338 g/mol. The minimum absolute atomic E-state index is 1.34. The summed E-state index contributed by atoms with van der Waals surface area (Å²) in [6, 6.07) is 26.3. The summed E-state index contributed by atoms with van der Waals surface area (Å²) in [5.74, 6) is 0. The predicted molar refractivity (Wildman–Crippen MR) is 112 cm³/mol. The van der Waals surface area contributed by atoms with Crippen molar-refractivity contribution >= 4 is 43.0 Å². The molecule has 0 bridgehead atoms. The van der Waals surface area contributed by atoms with Gasteiger partial charge in [-0.25, -0.2) is 0 Å². The van der Waals surface area contributed by atoms with Crippen molar-refractivity contribution in [3.8, 4) is 10.4 Å². The number of benzene rings is 4. The molecule has 0 fully saturated rings. The van der Waals surface area contributed by atoms with Crippen LogP contribution in [0.4, 0.5) is 0 Å². The van der Waals surface area contributed by atoms with E-state index in [-0.39, 0.29) is 0 Å².